The van der Waals surface area contributed by atoms with Crippen LogP contribution >= 0.6 is 0 Å². The Bertz CT molecular complexity index is 3070. The highest BCUT2D eigenvalue weighted by Crippen LogP contribution is 2.39. The van der Waals surface area contributed by atoms with Crippen LogP contribution in [0.3, 0.4) is 0 Å². The van der Waals surface area contributed by atoms with Crippen molar-refractivity contribution in [2.24, 2.45) is 0 Å². The van der Waals surface area contributed by atoms with Gasteiger partial charge >= 0.3 is 0 Å². The maximum Gasteiger partial charge on any atom is 0.151 e. The van der Waals surface area contributed by atoms with E-state index < -0.39 is 28.7 Å². The Morgan fingerprint density at radius 3 is 1.21 bits per heavy atom. The largest absolute Gasteiger partial charge is 0.292 e. The molecule has 10 aromatic rings. The van der Waals surface area contributed by atoms with Gasteiger partial charge in [0.15, 0.2) is 11.6 Å². The van der Waals surface area contributed by atoms with Crippen LogP contribution in [-0.2, 0) is 5.41 Å². The second-order valence-electron chi connectivity index (χ2n) is 15.2. The van der Waals surface area contributed by atoms with Gasteiger partial charge in [0.25, 0.3) is 0 Å². The number of pyridine rings is 2. The number of imidazole rings is 2. The summed E-state index contributed by atoms with van der Waals surface area (Å²) in [7, 11) is 0. The Morgan fingerprint density at radius 2 is 0.787 bits per heavy atom. The highest BCUT2D eigenvalue weighted by molar-refractivity contribution is 5.86. The van der Waals surface area contributed by atoms with Gasteiger partial charge < -0.3 is 0 Å². The van der Waals surface area contributed by atoms with E-state index in [1.54, 1.807) is 57.7 Å². The predicted octanol–water partition coefficient (Wildman–Crippen LogP) is 12.7. The fraction of sp³-hybridized carbons (Fsp3) is 0.0588. The Labute approximate surface area is 348 Å². The number of halogens is 4. The summed E-state index contributed by atoms with van der Waals surface area (Å²) in [5.41, 5.74) is 4.34. The molecule has 0 saturated heterocycles. The molecule has 296 valence electrons. The van der Waals surface area contributed by atoms with Crippen LogP contribution in [-0.4, -0.2) is 29.1 Å². The number of benzene rings is 6. The Morgan fingerprint density at radius 1 is 0.393 bits per heavy atom. The molecule has 10 heteroatoms. The molecule has 0 saturated carbocycles. The average Bonchev–Trinajstić information content (AvgIpc) is 3.86. The van der Waals surface area contributed by atoms with E-state index in [0.717, 1.165) is 0 Å². The summed E-state index contributed by atoms with van der Waals surface area (Å²) in [5.74, 6) is -2.90. The molecule has 0 N–H and O–H groups in total. The first-order chi connectivity index (χ1) is 29.7. The third-order valence-corrected chi connectivity index (χ3v) is 11.1. The minimum Gasteiger partial charge on any atom is -0.292 e. The molecular formula is C51H34F4N6. The van der Waals surface area contributed by atoms with Gasteiger partial charge in [-0.25, -0.2) is 27.5 Å². The van der Waals surface area contributed by atoms with Crippen LogP contribution in [0.2, 0.25) is 0 Å². The first kappa shape index (κ1) is 37.5. The molecule has 0 amide bonds. The maximum absolute atomic E-state index is 16.9. The van der Waals surface area contributed by atoms with Crippen molar-refractivity contribution < 1.29 is 17.6 Å². The lowest BCUT2D eigenvalue weighted by molar-refractivity contribution is 0.584. The Balaban J connectivity index is 1.04. The van der Waals surface area contributed by atoms with Crippen LogP contribution in [0.1, 0.15) is 25.2 Å². The van der Waals surface area contributed by atoms with Crippen LogP contribution in [0.25, 0.3) is 78.7 Å². The van der Waals surface area contributed by atoms with E-state index >= 15 is 17.6 Å². The molecule has 0 unspecified atom stereocenters. The maximum atomic E-state index is 16.9. The molecule has 0 spiro atoms. The summed E-state index contributed by atoms with van der Waals surface area (Å²) < 4.78 is 69.1. The normalized spacial score (nSPS) is 11.8. The molecule has 0 bridgehead atoms. The van der Waals surface area contributed by atoms with Crippen molar-refractivity contribution in [1.29, 1.82) is 0 Å². The van der Waals surface area contributed by atoms with E-state index in [9.17, 15) is 0 Å². The van der Waals surface area contributed by atoms with Crippen LogP contribution in [0.15, 0.2) is 170 Å². The molecule has 10 rings (SSSR count). The van der Waals surface area contributed by atoms with Crippen molar-refractivity contribution in [3.63, 3.8) is 0 Å². The second kappa shape index (κ2) is 14.8. The predicted molar refractivity (Wildman–Crippen MR) is 231 cm³/mol. The minimum absolute atomic E-state index is 0.0878. The number of nitrogens with zero attached hydrogens (tertiary/aromatic N) is 6. The molecule has 0 fully saturated rings. The van der Waals surface area contributed by atoms with E-state index in [2.05, 4.69) is 0 Å². The molecule has 61 heavy (non-hydrogen) atoms. The first-order valence-electron chi connectivity index (χ1n) is 19.7. The molecule has 0 aliphatic rings. The molecule has 0 aliphatic heterocycles. The summed E-state index contributed by atoms with van der Waals surface area (Å²) in [5, 5.41) is 0. The monoisotopic (exact) mass is 806 g/mol. The fourth-order valence-electron chi connectivity index (χ4n) is 7.97. The van der Waals surface area contributed by atoms with Gasteiger partial charge in [-0.15, -0.1) is 0 Å². The molecule has 0 atom stereocenters. The number of hydrogen-bond donors (Lipinski definition) is 0. The lowest BCUT2D eigenvalue weighted by Crippen LogP contribution is -2.22. The van der Waals surface area contributed by atoms with Gasteiger partial charge in [-0.3, -0.25) is 19.1 Å². The topological polar surface area (TPSA) is 61.4 Å². The summed E-state index contributed by atoms with van der Waals surface area (Å²) in [6.45, 7) is 3.82. The van der Waals surface area contributed by atoms with Crippen molar-refractivity contribution in [2.75, 3.05) is 0 Å². The van der Waals surface area contributed by atoms with E-state index in [-0.39, 0.29) is 45.3 Å². The standard InChI is InChI=1S/C51H34F4N6/c1-51(2,43-25-13-21-37(56-43)33-27-29-35(52)45(47(33)54)49-58-39-19-9-11-23-41(39)60(49)31-15-5-3-6-16-31)44-26-14-22-38(57-44)34-28-30-36(53)46(48(34)55)50-59-40-20-10-12-24-42(40)61(50)32-17-7-4-8-18-32/h3-30H,1-2H3. The summed E-state index contributed by atoms with van der Waals surface area (Å²) in [4.78, 5) is 19.3. The summed E-state index contributed by atoms with van der Waals surface area (Å²) in [6, 6.07) is 49.0. The molecule has 6 nitrogen and oxygen atoms in total. The zero-order valence-corrected chi connectivity index (χ0v) is 32.9. The van der Waals surface area contributed by atoms with E-state index in [4.69, 9.17) is 19.9 Å². The molecule has 4 heterocycles. The highest BCUT2D eigenvalue weighted by Gasteiger charge is 2.30. The second-order valence-corrected chi connectivity index (χ2v) is 15.2. The molecular weight excluding hydrogens is 773 g/mol. The van der Waals surface area contributed by atoms with E-state index in [0.29, 0.717) is 44.8 Å². The molecule has 0 radical (unpaired) electrons. The van der Waals surface area contributed by atoms with E-state index in [1.165, 1.54) is 24.3 Å². The van der Waals surface area contributed by atoms with Crippen molar-refractivity contribution in [3.8, 4) is 56.7 Å². The average molecular weight is 807 g/mol. The summed E-state index contributed by atoms with van der Waals surface area (Å²) in [6.07, 6.45) is 0. The highest BCUT2D eigenvalue weighted by atomic mass is 19.1. The number of para-hydroxylation sites is 6. The summed E-state index contributed by atoms with van der Waals surface area (Å²) >= 11 is 0. The van der Waals surface area contributed by atoms with Crippen molar-refractivity contribution >= 4 is 22.1 Å². The van der Waals surface area contributed by atoms with Gasteiger partial charge in [0.2, 0.25) is 0 Å². The van der Waals surface area contributed by atoms with Gasteiger partial charge in [0.05, 0.1) is 56.0 Å². The first-order valence-corrected chi connectivity index (χ1v) is 19.7. The lowest BCUT2D eigenvalue weighted by Gasteiger charge is -2.25. The number of rotatable bonds is 8. The number of hydrogen-bond acceptors (Lipinski definition) is 4. The zero-order valence-electron chi connectivity index (χ0n) is 32.9. The Kier molecular flexibility index (Phi) is 9.13. The van der Waals surface area contributed by atoms with Crippen molar-refractivity contribution in [2.45, 2.75) is 19.3 Å². The van der Waals surface area contributed by atoms with Gasteiger partial charge in [-0.2, -0.15) is 0 Å². The van der Waals surface area contributed by atoms with Gasteiger partial charge in [0.1, 0.15) is 23.3 Å². The zero-order chi connectivity index (χ0) is 41.8. The third kappa shape index (κ3) is 6.35. The van der Waals surface area contributed by atoms with Crippen LogP contribution in [0.4, 0.5) is 17.6 Å². The van der Waals surface area contributed by atoms with Crippen LogP contribution in [0, 0.1) is 23.3 Å². The minimum atomic E-state index is -0.896. The SMILES string of the molecule is CC(C)(c1cccc(-c2ccc(F)c(-c3nc4ccccc4n3-c3ccccc3)c2F)n1)c1cccc(-c2ccc(F)c(-c3nc4ccccc4n3-c3ccccc3)c2F)n1. The van der Waals surface area contributed by atoms with Gasteiger partial charge in [-0.05, 0) is 111 Å². The molecule has 0 aliphatic carbocycles. The van der Waals surface area contributed by atoms with Crippen molar-refractivity contribution in [3.05, 3.63) is 205 Å². The quantitative estimate of drug-likeness (QED) is 0.144. The molecule has 4 aromatic heterocycles. The van der Waals surface area contributed by atoms with E-state index in [1.807, 2.05) is 111 Å². The third-order valence-electron chi connectivity index (χ3n) is 11.1. The number of aromatic nitrogens is 6. The lowest BCUT2D eigenvalue weighted by atomic mass is 9.84. The van der Waals surface area contributed by atoms with Crippen LogP contribution in [0.5, 0.6) is 0 Å². The molecule has 6 aromatic carbocycles. The van der Waals surface area contributed by atoms with Crippen molar-refractivity contribution in [1.82, 2.24) is 29.1 Å². The fourth-order valence-corrected chi connectivity index (χ4v) is 7.97. The van der Waals surface area contributed by atoms with Crippen LogP contribution < -0.4 is 0 Å². The number of fused-ring (bicyclic) bond motifs is 2. The van der Waals surface area contributed by atoms with Gasteiger partial charge in [-0.1, -0.05) is 72.8 Å². The van der Waals surface area contributed by atoms with Gasteiger partial charge in [0, 0.05) is 27.9 Å². The smallest absolute Gasteiger partial charge is 0.151 e. The Hall–Kier alpha value is -7.72.